The lowest BCUT2D eigenvalue weighted by Gasteiger charge is -2.19. The van der Waals surface area contributed by atoms with Crippen molar-refractivity contribution in [3.8, 4) is 0 Å². The highest BCUT2D eigenvalue weighted by Crippen LogP contribution is 2.10. The van der Waals surface area contributed by atoms with E-state index in [0.717, 1.165) is 0 Å². The van der Waals surface area contributed by atoms with Gasteiger partial charge in [-0.2, -0.15) is 0 Å². The molecule has 0 aliphatic rings. The van der Waals surface area contributed by atoms with Crippen molar-refractivity contribution in [1.82, 2.24) is 10.8 Å². The number of nitrogens with one attached hydrogen (secondary N) is 3. The molecule has 8 nitrogen and oxygen atoms in total. The lowest BCUT2D eigenvalue weighted by Crippen LogP contribution is -2.51. The van der Waals surface area contributed by atoms with Crippen molar-refractivity contribution in [2.45, 2.75) is 32.4 Å². The van der Waals surface area contributed by atoms with Gasteiger partial charge in [-0.15, -0.1) is 0 Å². The first-order valence-corrected chi connectivity index (χ1v) is 6.71. The van der Waals surface area contributed by atoms with Crippen LogP contribution in [0.15, 0.2) is 24.3 Å². The van der Waals surface area contributed by atoms with Crippen LogP contribution < -0.4 is 16.1 Å². The molecule has 8 heteroatoms. The van der Waals surface area contributed by atoms with E-state index in [2.05, 4.69) is 10.6 Å². The Labute approximate surface area is 127 Å². The largest absolute Gasteiger partial charge is 0.391 e. The van der Waals surface area contributed by atoms with Crippen LogP contribution in [-0.2, 0) is 9.59 Å². The van der Waals surface area contributed by atoms with E-state index in [1.54, 1.807) is 19.1 Å². The molecule has 120 valence electrons. The number of carbonyl (C=O) groups is 3. The lowest BCUT2D eigenvalue weighted by molar-refractivity contribution is -0.133. The highest BCUT2D eigenvalue weighted by atomic mass is 16.5. The molecule has 22 heavy (non-hydrogen) atoms. The van der Waals surface area contributed by atoms with E-state index >= 15 is 0 Å². The highest BCUT2D eigenvalue weighted by Gasteiger charge is 2.25. The number of rotatable bonds is 6. The maximum Gasteiger partial charge on any atom is 0.268 e. The van der Waals surface area contributed by atoms with Gasteiger partial charge in [-0.05, 0) is 31.2 Å². The summed E-state index contributed by atoms with van der Waals surface area (Å²) in [6.45, 7) is 3.03. The summed E-state index contributed by atoms with van der Waals surface area (Å²) >= 11 is 0. The van der Waals surface area contributed by atoms with Gasteiger partial charge in [0, 0.05) is 17.7 Å². The van der Waals surface area contributed by atoms with Gasteiger partial charge < -0.3 is 15.7 Å². The second-order valence-corrected chi connectivity index (χ2v) is 4.65. The Balaban J connectivity index is 2.76. The zero-order chi connectivity index (χ0) is 16.7. The molecule has 0 bridgehead atoms. The van der Waals surface area contributed by atoms with Gasteiger partial charge in [0.05, 0.1) is 6.10 Å². The van der Waals surface area contributed by atoms with Crippen LogP contribution in [0.1, 0.15) is 30.6 Å². The van der Waals surface area contributed by atoms with E-state index in [9.17, 15) is 19.5 Å². The summed E-state index contributed by atoms with van der Waals surface area (Å²) in [7, 11) is 0. The number of benzene rings is 1. The fraction of sp³-hybridized carbons (Fsp3) is 0.357. The Morgan fingerprint density at radius 1 is 1.18 bits per heavy atom. The molecule has 1 rings (SSSR count). The number of hydrogen-bond donors (Lipinski definition) is 5. The van der Waals surface area contributed by atoms with Crippen molar-refractivity contribution in [2.24, 2.45) is 0 Å². The fourth-order valence-corrected chi connectivity index (χ4v) is 1.65. The normalized spacial score (nSPS) is 12.9. The first kappa shape index (κ1) is 17.6. The molecule has 0 saturated heterocycles. The van der Waals surface area contributed by atoms with Crippen LogP contribution in [0.4, 0.5) is 5.69 Å². The van der Waals surface area contributed by atoms with Gasteiger partial charge in [0.1, 0.15) is 6.04 Å². The molecule has 1 aromatic rings. The van der Waals surface area contributed by atoms with E-state index in [1.807, 2.05) is 0 Å². The monoisotopic (exact) mass is 309 g/mol. The van der Waals surface area contributed by atoms with E-state index < -0.39 is 24.0 Å². The minimum Gasteiger partial charge on any atom is -0.391 e. The molecule has 0 heterocycles. The molecule has 2 unspecified atom stereocenters. The van der Waals surface area contributed by atoms with Crippen molar-refractivity contribution < 1.29 is 24.7 Å². The van der Waals surface area contributed by atoms with E-state index in [-0.39, 0.29) is 11.5 Å². The van der Waals surface area contributed by atoms with Crippen molar-refractivity contribution in [1.29, 1.82) is 0 Å². The number of aliphatic hydroxyl groups is 1. The van der Waals surface area contributed by atoms with E-state index in [1.165, 1.54) is 24.5 Å². The smallest absolute Gasteiger partial charge is 0.268 e. The third kappa shape index (κ3) is 4.83. The summed E-state index contributed by atoms with van der Waals surface area (Å²) in [5, 5.41) is 23.0. The maximum atomic E-state index is 12.0. The standard InChI is InChI=1S/C14H19N3O5/c1-3-11(19)15-10-6-4-9(5-7-10)13(20)16-12(8(2)18)14(21)17-22/h4-8,12,18,22H,3H2,1-2H3,(H,15,19)(H,16,20)(H,17,21). The number of anilines is 1. The molecule has 0 aliphatic carbocycles. The van der Waals surface area contributed by atoms with Gasteiger partial charge in [0.2, 0.25) is 5.91 Å². The third-order valence-corrected chi connectivity index (χ3v) is 2.91. The Morgan fingerprint density at radius 3 is 2.23 bits per heavy atom. The molecule has 0 fully saturated rings. The van der Waals surface area contributed by atoms with Crippen molar-refractivity contribution in [2.75, 3.05) is 5.32 Å². The Bertz CT molecular complexity index is 542. The average molecular weight is 309 g/mol. The third-order valence-electron chi connectivity index (χ3n) is 2.91. The van der Waals surface area contributed by atoms with E-state index in [4.69, 9.17) is 5.21 Å². The van der Waals surface area contributed by atoms with Crippen molar-refractivity contribution >= 4 is 23.4 Å². The predicted molar refractivity (Wildman–Crippen MR) is 78.2 cm³/mol. The summed E-state index contributed by atoms with van der Waals surface area (Å²) in [5.41, 5.74) is 2.17. The van der Waals surface area contributed by atoms with Gasteiger partial charge in [0.25, 0.3) is 11.8 Å². The Kier molecular flexibility index (Phi) is 6.48. The molecule has 1 aromatic carbocycles. The zero-order valence-electron chi connectivity index (χ0n) is 12.3. The quantitative estimate of drug-likeness (QED) is 0.374. The number of aliphatic hydroxyl groups excluding tert-OH is 1. The number of hydroxylamine groups is 1. The summed E-state index contributed by atoms with van der Waals surface area (Å²) < 4.78 is 0. The lowest BCUT2D eigenvalue weighted by atomic mass is 10.1. The van der Waals surface area contributed by atoms with Crippen LogP contribution in [0.3, 0.4) is 0 Å². The molecule has 0 aromatic heterocycles. The summed E-state index contributed by atoms with van der Waals surface area (Å²) in [4.78, 5) is 34.6. The maximum absolute atomic E-state index is 12.0. The van der Waals surface area contributed by atoms with Gasteiger partial charge in [-0.1, -0.05) is 6.92 Å². The molecule has 2 atom stereocenters. The Hall–Kier alpha value is -2.45. The number of amides is 3. The van der Waals surface area contributed by atoms with Crippen molar-refractivity contribution in [3.05, 3.63) is 29.8 Å². The van der Waals surface area contributed by atoms with E-state index in [0.29, 0.717) is 12.1 Å². The topological polar surface area (TPSA) is 128 Å². The first-order chi connectivity index (χ1) is 10.4. The molecule has 5 N–H and O–H groups in total. The zero-order valence-corrected chi connectivity index (χ0v) is 12.3. The predicted octanol–water partition coefficient (Wildman–Crippen LogP) is 0.0197. The highest BCUT2D eigenvalue weighted by molar-refractivity contribution is 5.98. The summed E-state index contributed by atoms with van der Waals surface area (Å²) in [5.74, 6) is -1.66. The van der Waals surface area contributed by atoms with Gasteiger partial charge in [-0.25, -0.2) is 5.48 Å². The second-order valence-electron chi connectivity index (χ2n) is 4.65. The second kappa shape index (κ2) is 8.11. The molecule has 0 saturated carbocycles. The fourth-order valence-electron chi connectivity index (χ4n) is 1.65. The van der Waals surface area contributed by atoms with Gasteiger partial charge >= 0.3 is 0 Å². The van der Waals surface area contributed by atoms with Crippen LogP contribution in [0.5, 0.6) is 0 Å². The average Bonchev–Trinajstić information content (AvgIpc) is 2.51. The Morgan fingerprint density at radius 2 is 1.77 bits per heavy atom. The molecule has 0 spiro atoms. The minimum atomic E-state index is -1.28. The summed E-state index contributed by atoms with van der Waals surface area (Å²) in [6, 6.07) is 4.75. The van der Waals surface area contributed by atoms with Crippen LogP contribution in [0.2, 0.25) is 0 Å². The molecular formula is C14H19N3O5. The number of carbonyl (C=O) groups excluding carboxylic acids is 3. The first-order valence-electron chi connectivity index (χ1n) is 6.71. The number of hydrogen-bond acceptors (Lipinski definition) is 5. The van der Waals surface area contributed by atoms with Crippen molar-refractivity contribution in [3.63, 3.8) is 0 Å². The van der Waals surface area contributed by atoms with Gasteiger partial charge in [0.15, 0.2) is 0 Å². The summed E-state index contributed by atoms with van der Waals surface area (Å²) in [6.07, 6.45) is -0.839. The molecule has 3 amide bonds. The SMILES string of the molecule is CCC(=O)Nc1ccc(C(=O)NC(C(=O)NO)C(C)O)cc1. The van der Waals surface area contributed by atoms with Crippen LogP contribution >= 0.6 is 0 Å². The molecule has 0 aliphatic heterocycles. The molecule has 0 radical (unpaired) electrons. The minimum absolute atomic E-state index is 0.147. The van der Waals surface area contributed by atoms with Crippen LogP contribution in [-0.4, -0.2) is 40.2 Å². The molecular weight excluding hydrogens is 290 g/mol. The van der Waals surface area contributed by atoms with Crippen LogP contribution in [0, 0.1) is 0 Å². The van der Waals surface area contributed by atoms with Gasteiger partial charge in [-0.3, -0.25) is 19.6 Å². The van der Waals surface area contributed by atoms with Crippen LogP contribution in [0.25, 0.3) is 0 Å².